The molecule has 0 heterocycles. The summed E-state index contributed by atoms with van der Waals surface area (Å²) in [6.07, 6.45) is 0. The molecule has 0 radical (unpaired) electrons. The molecule has 8 heteroatoms. The first kappa shape index (κ1) is 21.7. The highest BCUT2D eigenvalue weighted by molar-refractivity contribution is 7.86. The molecule has 0 aromatic heterocycles. The maximum absolute atomic E-state index is 12.7. The summed E-state index contributed by atoms with van der Waals surface area (Å²) < 4.78 is 28.2. The van der Waals surface area contributed by atoms with Gasteiger partial charge in [-0.25, -0.2) is 0 Å². The lowest BCUT2D eigenvalue weighted by Gasteiger charge is -2.34. The van der Waals surface area contributed by atoms with Crippen molar-refractivity contribution in [1.82, 2.24) is 13.5 Å². The molecule has 0 saturated heterocycles. The van der Waals surface area contributed by atoms with E-state index in [1.54, 1.807) is 18.2 Å². The zero-order chi connectivity index (χ0) is 18.7. The summed E-state index contributed by atoms with van der Waals surface area (Å²) in [7, 11) is 3.44. The standard InChI is InChI=1S/C16H27Cl2N3O2S/c1-12(2)16(19(3)4)11-21(24(22,23)20(5)6)10-13-7-8-14(17)15(18)9-13/h7-9,12,16H,10-11H2,1-6H3. The average molecular weight is 396 g/mol. The van der Waals surface area contributed by atoms with Crippen LogP contribution in [0.1, 0.15) is 19.4 Å². The van der Waals surface area contributed by atoms with Crippen LogP contribution in [0.2, 0.25) is 10.0 Å². The summed E-state index contributed by atoms with van der Waals surface area (Å²) in [5.41, 5.74) is 0.802. The summed E-state index contributed by atoms with van der Waals surface area (Å²) in [6.45, 7) is 4.81. The molecule has 1 rings (SSSR count). The molecule has 138 valence electrons. The van der Waals surface area contributed by atoms with Crippen LogP contribution in [0.3, 0.4) is 0 Å². The fraction of sp³-hybridized carbons (Fsp3) is 0.625. The molecule has 1 atom stereocenters. The molecule has 0 aliphatic carbocycles. The van der Waals surface area contributed by atoms with Crippen LogP contribution >= 0.6 is 23.2 Å². The van der Waals surface area contributed by atoms with E-state index < -0.39 is 10.2 Å². The normalized spacial score (nSPS) is 14.2. The third kappa shape index (κ3) is 5.58. The van der Waals surface area contributed by atoms with Crippen LogP contribution in [0.25, 0.3) is 0 Å². The van der Waals surface area contributed by atoms with Crippen LogP contribution in [0.15, 0.2) is 18.2 Å². The zero-order valence-electron chi connectivity index (χ0n) is 15.1. The van der Waals surface area contributed by atoms with Crippen molar-refractivity contribution in [2.45, 2.75) is 26.4 Å². The minimum absolute atomic E-state index is 0.0995. The Labute approximate surface area is 156 Å². The number of hydrogen-bond donors (Lipinski definition) is 0. The van der Waals surface area contributed by atoms with Gasteiger partial charge in [0.15, 0.2) is 0 Å². The van der Waals surface area contributed by atoms with E-state index in [9.17, 15) is 8.42 Å². The second-order valence-corrected chi connectivity index (χ2v) is 9.56. The molecule has 1 aromatic rings. The van der Waals surface area contributed by atoms with Crippen LogP contribution in [-0.2, 0) is 16.8 Å². The van der Waals surface area contributed by atoms with E-state index in [0.29, 0.717) is 22.5 Å². The molecule has 5 nitrogen and oxygen atoms in total. The first-order valence-electron chi connectivity index (χ1n) is 7.74. The van der Waals surface area contributed by atoms with Crippen molar-refractivity contribution in [2.24, 2.45) is 5.92 Å². The van der Waals surface area contributed by atoms with Gasteiger partial charge in [0.25, 0.3) is 10.2 Å². The Hall–Kier alpha value is -0.370. The van der Waals surface area contributed by atoms with Gasteiger partial charge in [0.2, 0.25) is 0 Å². The van der Waals surface area contributed by atoms with Crippen molar-refractivity contribution in [1.29, 1.82) is 0 Å². The molecule has 0 spiro atoms. The molecule has 0 saturated carbocycles. The summed E-state index contributed by atoms with van der Waals surface area (Å²) in [4.78, 5) is 2.05. The topological polar surface area (TPSA) is 43.9 Å². The molecule has 0 aliphatic rings. The maximum Gasteiger partial charge on any atom is 0.281 e. The van der Waals surface area contributed by atoms with Crippen molar-refractivity contribution in [3.63, 3.8) is 0 Å². The summed E-state index contributed by atoms with van der Waals surface area (Å²) >= 11 is 12.0. The third-order valence-electron chi connectivity index (χ3n) is 3.95. The van der Waals surface area contributed by atoms with Gasteiger partial charge in [-0.1, -0.05) is 43.1 Å². The van der Waals surface area contributed by atoms with E-state index in [2.05, 4.69) is 18.7 Å². The van der Waals surface area contributed by atoms with E-state index in [4.69, 9.17) is 23.2 Å². The molecule has 0 amide bonds. The largest absolute Gasteiger partial charge is 0.305 e. The monoisotopic (exact) mass is 395 g/mol. The molecule has 1 unspecified atom stereocenters. The lowest BCUT2D eigenvalue weighted by molar-refractivity contribution is 0.187. The minimum atomic E-state index is -3.56. The maximum atomic E-state index is 12.7. The first-order chi connectivity index (χ1) is 11.0. The Morgan fingerprint density at radius 3 is 2.04 bits per heavy atom. The molecule has 24 heavy (non-hydrogen) atoms. The lowest BCUT2D eigenvalue weighted by atomic mass is 10.0. The highest BCUT2D eigenvalue weighted by atomic mass is 35.5. The Kier molecular flexibility index (Phi) is 7.97. The lowest BCUT2D eigenvalue weighted by Crippen LogP contribution is -2.48. The Morgan fingerprint density at radius 1 is 1.04 bits per heavy atom. The Bertz CT molecular complexity index is 641. The van der Waals surface area contributed by atoms with E-state index in [1.807, 2.05) is 14.1 Å². The smallest absolute Gasteiger partial charge is 0.281 e. The molecule has 1 aromatic carbocycles. The van der Waals surface area contributed by atoms with Crippen LogP contribution in [0.5, 0.6) is 0 Å². The number of likely N-dealkylation sites (N-methyl/N-ethyl adjacent to an activating group) is 1. The molecule has 0 fully saturated rings. The van der Waals surface area contributed by atoms with Gasteiger partial charge in [0.05, 0.1) is 10.0 Å². The van der Waals surface area contributed by atoms with Crippen molar-refractivity contribution in [3.05, 3.63) is 33.8 Å². The van der Waals surface area contributed by atoms with Crippen LogP contribution in [-0.4, -0.2) is 62.7 Å². The quantitative estimate of drug-likeness (QED) is 0.678. The predicted octanol–water partition coefficient (Wildman–Crippen LogP) is 3.19. The number of rotatable bonds is 8. The summed E-state index contributed by atoms with van der Waals surface area (Å²) in [6, 6.07) is 5.29. The Balaban J connectivity index is 3.16. The minimum Gasteiger partial charge on any atom is -0.305 e. The second kappa shape index (κ2) is 8.83. The van der Waals surface area contributed by atoms with Gasteiger partial charge < -0.3 is 4.90 Å². The van der Waals surface area contributed by atoms with Gasteiger partial charge in [-0.15, -0.1) is 0 Å². The molecular weight excluding hydrogens is 369 g/mol. The van der Waals surface area contributed by atoms with Crippen molar-refractivity contribution >= 4 is 33.4 Å². The van der Waals surface area contributed by atoms with E-state index in [-0.39, 0.29) is 12.6 Å². The van der Waals surface area contributed by atoms with Gasteiger partial charge in [-0.2, -0.15) is 17.0 Å². The van der Waals surface area contributed by atoms with Crippen molar-refractivity contribution in [3.8, 4) is 0 Å². The van der Waals surface area contributed by atoms with E-state index in [1.165, 1.54) is 22.7 Å². The fourth-order valence-corrected chi connectivity index (χ4v) is 3.93. The SMILES string of the molecule is CC(C)C(CN(Cc1ccc(Cl)c(Cl)c1)S(=O)(=O)N(C)C)N(C)C. The second-order valence-electron chi connectivity index (χ2n) is 6.61. The predicted molar refractivity (Wildman–Crippen MR) is 102 cm³/mol. The summed E-state index contributed by atoms with van der Waals surface area (Å²) in [5, 5.41) is 0.875. The van der Waals surface area contributed by atoms with Crippen LogP contribution in [0, 0.1) is 5.92 Å². The van der Waals surface area contributed by atoms with E-state index in [0.717, 1.165) is 5.56 Å². The van der Waals surface area contributed by atoms with Gasteiger partial charge in [0.1, 0.15) is 0 Å². The molecular formula is C16H27Cl2N3O2S. The molecule has 0 N–H and O–H groups in total. The van der Waals surface area contributed by atoms with Gasteiger partial charge >= 0.3 is 0 Å². The highest BCUT2D eigenvalue weighted by Gasteiger charge is 2.29. The zero-order valence-corrected chi connectivity index (χ0v) is 17.5. The first-order valence-corrected chi connectivity index (χ1v) is 9.90. The number of hydrogen-bond acceptors (Lipinski definition) is 3. The molecule has 0 bridgehead atoms. The van der Waals surface area contributed by atoms with Crippen molar-refractivity contribution < 1.29 is 8.42 Å². The fourth-order valence-electron chi connectivity index (χ4n) is 2.49. The molecule has 0 aliphatic heterocycles. The van der Waals surface area contributed by atoms with Gasteiger partial charge in [-0.3, -0.25) is 0 Å². The number of benzene rings is 1. The third-order valence-corrected chi connectivity index (χ3v) is 6.55. The van der Waals surface area contributed by atoms with Crippen LogP contribution in [0.4, 0.5) is 0 Å². The highest BCUT2D eigenvalue weighted by Crippen LogP contribution is 2.24. The van der Waals surface area contributed by atoms with E-state index >= 15 is 0 Å². The Morgan fingerprint density at radius 2 is 1.62 bits per heavy atom. The van der Waals surface area contributed by atoms with Crippen molar-refractivity contribution in [2.75, 3.05) is 34.7 Å². The average Bonchev–Trinajstić information content (AvgIpc) is 2.45. The van der Waals surface area contributed by atoms with Gasteiger partial charge in [-0.05, 0) is 37.7 Å². The number of halogens is 2. The summed E-state index contributed by atoms with van der Waals surface area (Å²) in [5.74, 6) is 0.314. The van der Waals surface area contributed by atoms with Crippen LogP contribution < -0.4 is 0 Å². The van der Waals surface area contributed by atoms with Gasteiger partial charge in [0, 0.05) is 33.2 Å². The number of nitrogens with zero attached hydrogens (tertiary/aromatic N) is 3.